The number of methoxy groups -OCH3 is 1. The van der Waals surface area contributed by atoms with Gasteiger partial charge in [-0.2, -0.15) is 10.1 Å². The Labute approximate surface area is 114 Å². The van der Waals surface area contributed by atoms with E-state index in [1.807, 2.05) is 31.0 Å². The van der Waals surface area contributed by atoms with Gasteiger partial charge in [-0.15, -0.1) is 11.3 Å². The lowest BCUT2D eigenvalue weighted by Crippen LogP contribution is -2.14. The summed E-state index contributed by atoms with van der Waals surface area (Å²) in [6.07, 6.45) is 5.87. The Kier molecular flexibility index (Phi) is 3.22. The van der Waals surface area contributed by atoms with Crippen molar-refractivity contribution in [3.05, 3.63) is 35.2 Å². The van der Waals surface area contributed by atoms with Crippen LogP contribution < -0.4 is 10.1 Å². The molecular weight excluding hydrogens is 262 g/mol. The van der Waals surface area contributed by atoms with E-state index >= 15 is 0 Å². The minimum absolute atomic E-state index is 0.686. The molecule has 6 nitrogen and oxygen atoms in total. The minimum atomic E-state index is 0.686. The fourth-order valence-electron chi connectivity index (χ4n) is 2.03. The van der Waals surface area contributed by atoms with Gasteiger partial charge in [-0.1, -0.05) is 0 Å². The van der Waals surface area contributed by atoms with Gasteiger partial charge in [0.15, 0.2) is 4.96 Å². The molecule has 3 heterocycles. The molecule has 100 valence electrons. The van der Waals surface area contributed by atoms with Crippen LogP contribution in [0.4, 0.5) is 0 Å². The van der Waals surface area contributed by atoms with Crippen molar-refractivity contribution in [2.75, 3.05) is 7.11 Å². The van der Waals surface area contributed by atoms with Crippen molar-refractivity contribution in [2.24, 2.45) is 7.05 Å². The second-order valence-corrected chi connectivity index (χ2v) is 5.12. The van der Waals surface area contributed by atoms with Gasteiger partial charge in [0.25, 0.3) is 0 Å². The maximum Gasteiger partial charge on any atom is 0.237 e. The molecule has 1 N–H and O–H groups in total. The Bertz CT molecular complexity index is 683. The van der Waals surface area contributed by atoms with Crippen LogP contribution in [0.2, 0.25) is 0 Å². The van der Waals surface area contributed by atoms with Gasteiger partial charge in [0.1, 0.15) is 5.69 Å². The van der Waals surface area contributed by atoms with Gasteiger partial charge in [0, 0.05) is 43.5 Å². The second kappa shape index (κ2) is 5.02. The Morgan fingerprint density at radius 1 is 1.42 bits per heavy atom. The van der Waals surface area contributed by atoms with E-state index in [0.717, 1.165) is 22.8 Å². The molecule has 0 bridgehead atoms. The SMILES string of the molecule is COc1nc2sccn2c1CNCc1cnn(C)c1. The van der Waals surface area contributed by atoms with Gasteiger partial charge < -0.3 is 10.1 Å². The van der Waals surface area contributed by atoms with Gasteiger partial charge >= 0.3 is 0 Å². The third-order valence-corrected chi connectivity index (χ3v) is 3.65. The first-order chi connectivity index (χ1) is 9.28. The van der Waals surface area contributed by atoms with E-state index in [1.165, 1.54) is 0 Å². The van der Waals surface area contributed by atoms with Crippen LogP contribution in [-0.4, -0.2) is 26.3 Å². The average Bonchev–Trinajstić information content (AvgIpc) is 3.06. The topological polar surface area (TPSA) is 56.4 Å². The molecule has 3 aromatic rings. The van der Waals surface area contributed by atoms with Crippen LogP contribution in [0.5, 0.6) is 5.88 Å². The largest absolute Gasteiger partial charge is 0.480 e. The second-order valence-electron chi connectivity index (χ2n) is 4.25. The van der Waals surface area contributed by atoms with Gasteiger partial charge in [-0.25, -0.2) is 0 Å². The first-order valence-electron chi connectivity index (χ1n) is 5.94. The summed E-state index contributed by atoms with van der Waals surface area (Å²) in [5, 5.41) is 9.55. The fourth-order valence-corrected chi connectivity index (χ4v) is 2.75. The van der Waals surface area contributed by atoms with Crippen molar-refractivity contribution in [1.29, 1.82) is 0 Å². The summed E-state index contributed by atoms with van der Waals surface area (Å²) in [6.45, 7) is 1.48. The van der Waals surface area contributed by atoms with Crippen LogP contribution in [0.25, 0.3) is 4.96 Å². The molecule has 0 fully saturated rings. The Morgan fingerprint density at radius 2 is 2.32 bits per heavy atom. The van der Waals surface area contributed by atoms with Crippen molar-refractivity contribution in [3.8, 4) is 5.88 Å². The lowest BCUT2D eigenvalue weighted by Gasteiger charge is -2.04. The van der Waals surface area contributed by atoms with E-state index in [0.29, 0.717) is 12.4 Å². The van der Waals surface area contributed by atoms with E-state index in [2.05, 4.69) is 19.8 Å². The zero-order chi connectivity index (χ0) is 13.2. The molecule has 3 rings (SSSR count). The number of thiazole rings is 1. The van der Waals surface area contributed by atoms with Crippen LogP contribution in [0.3, 0.4) is 0 Å². The van der Waals surface area contributed by atoms with E-state index in [-0.39, 0.29) is 0 Å². The molecule has 0 aromatic carbocycles. The lowest BCUT2D eigenvalue weighted by molar-refractivity contribution is 0.393. The predicted octanol–water partition coefficient (Wildman–Crippen LogP) is 1.43. The number of imidazole rings is 1. The molecule has 7 heteroatoms. The van der Waals surface area contributed by atoms with Crippen LogP contribution in [0.15, 0.2) is 24.0 Å². The van der Waals surface area contributed by atoms with Gasteiger partial charge in [0.05, 0.1) is 13.3 Å². The number of fused-ring (bicyclic) bond motifs is 1. The smallest absolute Gasteiger partial charge is 0.237 e. The molecule has 3 aromatic heterocycles. The normalized spacial score (nSPS) is 11.3. The molecule has 0 saturated carbocycles. The van der Waals surface area contributed by atoms with Crippen LogP contribution in [-0.2, 0) is 20.1 Å². The standard InChI is InChI=1S/C12H15N5OS/c1-16-8-9(6-14-16)5-13-7-10-11(18-2)15-12-17(10)3-4-19-12/h3-4,6,8,13H,5,7H2,1-2H3. The number of nitrogens with one attached hydrogen (secondary N) is 1. The zero-order valence-corrected chi connectivity index (χ0v) is 11.6. The Morgan fingerprint density at radius 3 is 3.05 bits per heavy atom. The molecule has 0 aliphatic carbocycles. The highest BCUT2D eigenvalue weighted by atomic mass is 32.1. The van der Waals surface area contributed by atoms with Crippen molar-refractivity contribution >= 4 is 16.3 Å². The Balaban J connectivity index is 1.72. The van der Waals surface area contributed by atoms with E-state index in [1.54, 1.807) is 23.1 Å². The lowest BCUT2D eigenvalue weighted by atomic mass is 10.3. The number of hydrogen-bond donors (Lipinski definition) is 1. The van der Waals surface area contributed by atoms with Gasteiger partial charge in [-0.3, -0.25) is 9.08 Å². The average molecular weight is 277 g/mol. The third-order valence-electron chi connectivity index (χ3n) is 2.90. The highest BCUT2D eigenvalue weighted by Gasteiger charge is 2.12. The van der Waals surface area contributed by atoms with Crippen LogP contribution in [0, 0.1) is 0 Å². The molecule has 0 saturated heterocycles. The van der Waals surface area contributed by atoms with Crippen molar-refractivity contribution in [2.45, 2.75) is 13.1 Å². The molecule has 0 aliphatic heterocycles. The quantitative estimate of drug-likeness (QED) is 0.766. The summed E-state index contributed by atoms with van der Waals surface area (Å²) in [6, 6.07) is 0. The molecular formula is C12H15N5OS. The summed E-state index contributed by atoms with van der Waals surface area (Å²) in [7, 11) is 3.56. The number of aromatic nitrogens is 4. The minimum Gasteiger partial charge on any atom is -0.480 e. The Hall–Kier alpha value is -1.86. The van der Waals surface area contributed by atoms with Gasteiger partial charge in [-0.05, 0) is 0 Å². The molecule has 19 heavy (non-hydrogen) atoms. The third kappa shape index (κ3) is 2.34. The van der Waals surface area contributed by atoms with E-state index in [9.17, 15) is 0 Å². The predicted molar refractivity (Wildman–Crippen MR) is 73.4 cm³/mol. The molecule has 0 atom stereocenters. The summed E-state index contributed by atoms with van der Waals surface area (Å²) in [4.78, 5) is 5.38. The zero-order valence-electron chi connectivity index (χ0n) is 10.8. The van der Waals surface area contributed by atoms with Crippen molar-refractivity contribution < 1.29 is 4.74 Å². The van der Waals surface area contributed by atoms with Crippen LogP contribution in [0.1, 0.15) is 11.3 Å². The molecule has 0 radical (unpaired) electrons. The van der Waals surface area contributed by atoms with Crippen molar-refractivity contribution in [1.82, 2.24) is 24.5 Å². The molecule has 0 unspecified atom stereocenters. The molecule has 0 spiro atoms. The van der Waals surface area contributed by atoms with E-state index < -0.39 is 0 Å². The van der Waals surface area contributed by atoms with Crippen LogP contribution >= 0.6 is 11.3 Å². The fraction of sp³-hybridized carbons (Fsp3) is 0.333. The van der Waals surface area contributed by atoms with Crippen molar-refractivity contribution in [3.63, 3.8) is 0 Å². The summed E-state index contributed by atoms with van der Waals surface area (Å²) >= 11 is 1.60. The number of ether oxygens (including phenoxy) is 1. The summed E-state index contributed by atoms with van der Waals surface area (Å²) < 4.78 is 9.17. The van der Waals surface area contributed by atoms with E-state index in [4.69, 9.17) is 4.74 Å². The highest BCUT2D eigenvalue weighted by molar-refractivity contribution is 7.15. The van der Waals surface area contributed by atoms with Gasteiger partial charge in [0.2, 0.25) is 5.88 Å². The maximum atomic E-state index is 5.31. The number of rotatable bonds is 5. The summed E-state index contributed by atoms with van der Waals surface area (Å²) in [5.74, 6) is 0.686. The first kappa shape index (κ1) is 12.2. The molecule has 0 aliphatic rings. The number of nitrogens with zero attached hydrogens (tertiary/aromatic N) is 4. The summed E-state index contributed by atoms with van der Waals surface area (Å²) in [5.41, 5.74) is 2.20. The highest BCUT2D eigenvalue weighted by Crippen LogP contribution is 2.22. The molecule has 0 amide bonds. The number of hydrogen-bond acceptors (Lipinski definition) is 5. The first-order valence-corrected chi connectivity index (χ1v) is 6.82. The monoisotopic (exact) mass is 277 g/mol. The maximum absolute atomic E-state index is 5.31. The number of aryl methyl sites for hydroxylation is 1.